The van der Waals surface area contributed by atoms with E-state index in [1.807, 2.05) is 13.8 Å². The summed E-state index contributed by atoms with van der Waals surface area (Å²) in [5, 5.41) is 3.22. The number of para-hydroxylation sites is 1. The lowest BCUT2D eigenvalue weighted by Crippen LogP contribution is -2.15. The van der Waals surface area contributed by atoms with E-state index in [9.17, 15) is 22.0 Å². The van der Waals surface area contributed by atoms with Gasteiger partial charge in [0, 0.05) is 16.6 Å². The number of anilines is 1. The highest BCUT2D eigenvalue weighted by Gasteiger charge is 2.27. The Morgan fingerprint density at radius 1 is 1.14 bits per heavy atom. The maximum Gasteiger partial charge on any atom is 0.341 e. The average molecular weight is 423 g/mol. The van der Waals surface area contributed by atoms with Gasteiger partial charge in [-0.3, -0.25) is 4.79 Å². The van der Waals surface area contributed by atoms with Gasteiger partial charge in [-0.25, -0.2) is 8.42 Å². The van der Waals surface area contributed by atoms with E-state index >= 15 is 0 Å². The molecule has 0 aliphatic rings. The molecule has 6 nitrogen and oxygen atoms in total. The molecule has 154 valence electrons. The topological polar surface area (TPSA) is 85.6 Å². The summed E-state index contributed by atoms with van der Waals surface area (Å²) >= 11 is 0. The fraction of sp³-hybridized carbons (Fsp3) is 0.250. The van der Waals surface area contributed by atoms with Gasteiger partial charge in [0.1, 0.15) is 5.58 Å². The zero-order valence-corrected chi connectivity index (χ0v) is 16.5. The molecule has 0 saturated heterocycles. The van der Waals surface area contributed by atoms with Gasteiger partial charge in [-0.2, -0.15) is 8.78 Å². The van der Waals surface area contributed by atoms with E-state index in [4.69, 9.17) is 9.15 Å². The van der Waals surface area contributed by atoms with Gasteiger partial charge >= 0.3 is 5.76 Å². The quantitative estimate of drug-likeness (QED) is 0.600. The molecular formula is C20H19F2NO5S. The lowest BCUT2D eigenvalue weighted by Gasteiger charge is -2.09. The molecule has 1 aromatic heterocycles. The third-order valence-corrected chi connectivity index (χ3v) is 5.50. The second-order valence-electron chi connectivity index (χ2n) is 6.55. The number of halogens is 2. The van der Waals surface area contributed by atoms with Gasteiger partial charge in [-0.1, -0.05) is 24.3 Å². The lowest BCUT2D eigenvalue weighted by atomic mass is 10.1. The van der Waals surface area contributed by atoms with Crippen LogP contribution in [0.25, 0.3) is 11.0 Å². The summed E-state index contributed by atoms with van der Waals surface area (Å²) in [6, 6.07) is 11.8. The molecule has 0 saturated carbocycles. The molecule has 0 spiro atoms. The van der Waals surface area contributed by atoms with Crippen molar-refractivity contribution in [3.8, 4) is 0 Å². The van der Waals surface area contributed by atoms with Crippen LogP contribution in [0.3, 0.4) is 0 Å². The van der Waals surface area contributed by atoms with E-state index in [2.05, 4.69) is 5.32 Å². The minimum atomic E-state index is -4.77. The molecule has 1 heterocycles. The van der Waals surface area contributed by atoms with Gasteiger partial charge in [0.05, 0.1) is 17.6 Å². The first-order chi connectivity index (χ1) is 13.7. The number of ether oxygens (including phenoxy) is 1. The van der Waals surface area contributed by atoms with Crippen LogP contribution in [0, 0.1) is 0 Å². The van der Waals surface area contributed by atoms with Crippen LogP contribution in [0.15, 0.2) is 57.8 Å². The van der Waals surface area contributed by atoms with Crippen molar-refractivity contribution in [3.05, 3.63) is 59.9 Å². The maximum absolute atomic E-state index is 12.8. The second-order valence-corrected chi connectivity index (χ2v) is 8.47. The Hall–Kier alpha value is -2.78. The summed E-state index contributed by atoms with van der Waals surface area (Å²) in [7, 11) is -4.77. The molecule has 0 aliphatic heterocycles. The number of furan rings is 1. The molecule has 3 rings (SSSR count). The molecule has 0 radical (unpaired) electrons. The molecule has 29 heavy (non-hydrogen) atoms. The smallest absolute Gasteiger partial charge is 0.341 e. The van der Waals surface area contributed by atoms with Crippen LogP contribution < -0.4 is 5.32 Å². The Morgan fingerprint density at radius 2 is 1.86 bits per heavy atom. The number of rotatable bonds is 7. The molecular weight excluding hydrogens is 404 g/mol. The highest BCUT2D eigenvalue weighted by atomic mass is 32.2. The molecule has 0 bridgehead atoms. The van der Waals surface area contributed by atoms with Crippen LogP contribution in [0.4, 0.5) is 14.5 Å². The van der Waals surface area contributed by atoms with Crippen LogP contribution in [0.2, 0.25) is 0 Å². The number of sulfone groups is 1. The minimum absolute atomic E-state index is 0.00831. The number of alkyl halides is 2. The summed E-state index contributed by atoms with van der Waals surface area (Å²) in [4.78, 5) is 12.2. The fourth-order valence-corrected chi connectivity index (χ4v) is 3.48. The SMILES string of the molecule is CC(C)OCc1c(C(=O)Nc2cccc(S(=O)(=O)C(F)F)c2)oc2ccccc12. The van der Waals surface area contributed by atoms with Crippen LogP contribution in [-0.4, -0.2) is 26.2 Å². The number of carbonyl (C=O) groups excluding carboxylic acids is 1. The van der Waals surface area contributed by atoms with Gasteiger partial charge in [-0.15, -0.1) is 0 Å². The summed E-state index contributed by atoms with van der Waals surface area (Å²) in [6.45, 7) is 3.85. The molecule has 0 aliphatic carbocycles. The Kier molecular flexibility index (Phi) is 5.99. The van der Waals surface area contributed by atoms with Crippen molar-refractivity contribution in [3.63, 3.8) is 0 Å². The van der Waals surface area contributed by atoms with E-state index in [1.165, 1.54) is 12.1 Å². The first-order valence-corrected chi connectivity index (χ1v) is 10.3. The average Bonchev–Trinajstić information content (AvgIpc) is 3.05. The number of amides is 1. The van der Waals surface area contributed by atoms with E-state index < -0.39 is 26.4 Å². The van der Waals surface area contributed by atoms with Crippen LogP contribution >= 0.6 is 0 Å². The van der Waals surface area contributed by atoms with Crippen molar-refractivity contribution in [2.75, 3.05) is 5.32 Å². The molecule has 0 atom stereocenters. The summed E-state index contributed by atoms with van der Waals surface area (Å²) in [5.41, 5.74) is 1.09. The van der Waals surface area contributed by atoms with Gasteiger partial charge in [-0.05, 0) is 38.1 Å². The Labute approximate surface area is 166 Å². The van der Waals surface area contributed by atoms with Crippen molar-refractivity contribution in [2.24, 2.45) is 0 Å². The first-order valence-electron chi connectivity index (χ1n) is 8.75. The summed E-state index contributed by atoms with van der Waals surface area (Å²) in [5.74, 6) is -4.19. The van der Waals surface area contributed by atoms with Crippen molar-refractivity contribution in [2.45, 2.75) is 37.2 Å². The molecule has 0 unspecified atom stereocenters. The Morgan fingerprint density at radius 3 is 2.55 bits per heavy atom. The van der Waals surface area contributed by atoms with Crippen molar-refractivity contribution in [1.29, 1.82) is 0 Å². The number of hydrogen-bond acceptors (Lipinski definition) is 5. The van der Waals surface area contributed by atoms with Gasteiger partial charge < -0.3 is 14.5 Å². The standard InChI is InChI=1S/C20H19F2NO5S/c1-12(2)27-11-16-15-8-3-4-9-17(15)28-18(16)19(24)23-13-6-5-7-14(10-13)29(25,26)20(21)22/h3-10,12,20H,11H2,1-2H3,(H,23,24). The second kappa shape index (κ2) is 8.30. The number of hydrogen-bond donors (Lipinski definition) is 1. The highest BCUT2D eigenvalue weighted by Crippen LogP contribution is 2.28. The van der Waals surface area contributed by atoms with Crippen LogP contribution in [0.5, 0.6) is 0 Å². The molecule has 9 heteroatoms. The Bertz CT molecular complexity index is 1140. The molecule has 0 fully saturated rings. The normalized spacial score (nSPS) is 12.1. The van der Waals surface area contributed by atoms with Crippen LogP contribution in [0.1, 0.15) is 30.0 Å². The van der Waals surface area contributed by atoms with E-state index in [1.54, 1.807) is 24.3 Å². The van der Waals surface area contributed by atoms with Gasteiger partial charge in [0.15, 0.2) is 5.76 Å². The third-order valence-electron chi connectivity index (χ3n) is 4.12. The van der Waals surface area contributed by atoms with Crippen molar-refractivity contribution >= 4 is 32.4 Å². The maximum atomic E-state index is 12.8. The predicted octanol–water partition coefficient (Wildman–Crippen LogP) is 4.61. The fourth-order valence-electron chi connectivity index (χ4n) is 2.72. The van der Waals surface area contributed by atoms with Crippen molar-refractivity contribution in [1.82, 2.24) is 0 Å². The van der Waals surface area contributed by atoms with E-state index in [-0.39, 0.29) is 24.2 Å². The number of benzene rings is 2. The highest BCUT2D eigenvalue weighted by molar-refractivity contribution is 7.91. The Balaban J connectivity index is 1.94. The summed E-state index contributed by atoms with van der Waals surface area (Å²) in [6.07, 6.45) is -0.0733. The van der Waals surface area contributed by atoms with E-state index in [0.29, 0.717) is 16.5 Å². The largest absolute Gasteiger partial charge is 0.451 e. The van der Waals surface area contributed by atoms with Gasteiger partial charge in [0.25, 0.3) is 5.91 Å². The molecule has 3 aromatic rings. The first kappa shape index (κ1) is 20.9. The monoisotopic (exact) mass is 423 g/mol. The number of nitrogens with one attached hydrogen (secondary N) is 1. The summed E-state index contributed by atoms with van der Waals surface area (Å²) < 4.78 is 60.2. The third kappa shape index (κ3) is 4.46. The molecule has 2 aromatic carbocycles. The van der Waals surface area contributed by atoms with Crippen LogP contribution in [-0.2, 0) is 21.2 Å². The zero-order valence-electron chi connectivity index (χ0n) is 15.7. The lowest BCUT2D eigenvalue weighted by molar-refractivity contribution is 0.0648. The number of fused-ring (bicyclic) bond motifs is 1. The van der Waals surface area contributed by atoms with E-state index in [0.717, 1.165) is 12.1 Å². The minimum Gasteiger partial charge on any atom is -0.451 e. The predicted molar refractivity (Wildman–Crippen MR) is 104 cm³/mol. The zero-order chi connectivity index (χ0) is 21.2. The molecule has 1 N–H and O–H groups in total. The molecule has 1 amide bonds. The van der Waals surface area contributed by atoms with Crippen molar-refractivity contribution < 1.29 is 31.1 Å². The van der Waals surface area contributed by atoms with Gasteiger partial charge in [0.2, 0.25) is 9.84 Å². The number of carbonyl (C=O) groups is 1.